The van der Waals surface area contributed by atoms with E-state index in [1.165, 1.54) is 0 Å². The van der Waals surface area contributed by atoms with E-state index in [1.807, 2.05) is 97.1 Å². The van der Waals surface area contributed by atoms with Crippen LogP contribution in [0.1, 0.15) is 34.1 Å². The molecule has 2 unspecified atom stereocenters. The molecule has 4 aromatic rings. The minimum atomic E-state index is -1.38. The minimum absolute atomic E-state index is 0.0715. The van der Waals surface area contributed by atoms with Crippen molar-refractivity contribution in [3.8, 4) is 23.0 Å². The number of guanidine groups is 1. The van der Waals surface area contributed by atoms with Crippen LogP contribution in [0.5, 0.6) is 23.0 Å². The van der Waals surface area contributed by atoms with Crippen molar-refractivity contribution < 1.29 is 23.7 Å². The highest BCUT2D eigenvalue weighted by Gasteiger charge is 2.58. The fraction of sp³-hybridized carbons (Fsp3) is 0.212. The summed E-state index contributed by atoms with van der Waals surface area (Å²) < 4.78 is 22.1. The van der Waals surface area contributed by atoms with E-state index in [2.05, 4.69) is 10.6 Å². The Hall–Kier alpha value is -4.98. The molecule has 41 heavy (non-hydrogen) atoms. The van der Waals surface area contributed by atoms with Gasteiger partial charge in [0.05, 0.1) is 28.4 Å². The van der Waals surface area contributed by atoms with Gasteiger partial charge in [-0.1, -0.05) is 48.5 Å². The maximum Gasteiger partial charge on any atom is 0.254 e. The van der Waals surface area contributed by atoms with Gasteiger partial charge in [-0.15, -0.1) is 0 Å². The van der Waals surface area contributed by atoms with Gasteiger partial charge >= 0.3 is 0 Å². The van der Waals surface area contributed by atoms with Crippen LogP contribution in [0.4, 0.5) is 0 Å². The smallest absolute Gasteiger partial charge is 0.254 e. The zero-order valence-corrected chi connectivity index (χ0v) is 23.4. The molecule has 4 aromatic carbocycles. The molecule has 1 saturated heterocycles. The highest BCUT2D eigenvalue weighted by molar-refractivity contribution is 6.10. The molecule has 1 aliphatic heterocycles. The summed E-state index contributed by atoms with van der Waals surface area (Å²) in [6.07, 6.45) is 0. The molecule has 1 aliphatic rings. The summed E-state index contributed by atoms with van der Waals surface area (Å²) in [6, 6.07) is 30.7. The second-order valence-electron chi connectivity index (χ2n) is 9.79. The molecule has 0 bridgehead atoms. The Morgan fingerprint density at radius 1 is 0.585 bits per heavy atom. The van der Waals surface area contributed by atoms with Crippen molar-refractivity contribution >= 4 is 11.9 Å². The standard InChI is InChI=1S/C33H33N3O5/c1-38-25-15-11-21(12-16-25)29(23-7-5-9-27(19-23)40-3)33(31(37)35-32(34)36-33)30(22-13-17-26(39-2)18-14-22)24-8-6-10-28(20-24)41-4/h5-20,29-30H,1-4H3,(H3,34,35,36,37). The molecule has 5 rings (SSSR count). The zero-order valence-electron chi connectivity index (χ0n) is 23.4. The third-order valence-electron chi connectivity index (χ3n) is 7.61. The molecular formula is C33H33N3O5. The lowest BCUT2D eigenvalue weighted by molar-refractivity contribution is -0.125. The van der Waals surface area contributed by atoms with Crippen LogP contribution in [0.2, 0.25) is 0 Å². The monoisotopic (exact) mass is 551 g/mol. The van der Waals surface area contributed by atoms with Crippen molar-refractivity contribution in [2.75, 3.05) is 28.4 Å². The first-order chi connectivity index (χ1) is 19.9. The highest BCUT2D eigenvalue weighted by atomic mass is 16.5. The fourth-order valence-electron chi connectivity index (χ4n) is 5.76. The van der Waals surface area contributed by atoms with E-state index >= 15 is 0 Å². The first-order valence-corrected chi connectivity index (χ1v) is 13.2. The Morgan fingerprint density at radius 3 is 1.34 bits per heavy atom. The predicted molar refractivity (Wildman–Crippen MR) is 157 cm³/mol. The Morgan fingerprint density at radius 2 is 1.00 bits per heavy atom. The van der Waals surface area contributed by atoms with E-state index in [1.54, 1.807) is 28.4 Å². The summed E-state index contributed by atoms with van der Waals surface area (Å²) in [5.41, 5.74) is 2.02. The molecule has 8 heteroatoms. The Bertz CT molecular complexity index is 1440. The van der Waals surface area contributed by atoms with E-state index in [4.69, 9.17) is 24.4 Å². The fourth-order valence-corrected chi connectivity index (χ4v) is 5.76. The van der Waals surface area contributed by atoms with Crippen molar-refractivity contribution in [3.63, 3.8) is 0 Å². The van der Waals surface area contributed by atoms with Crippen LogP contribution in [0.25, 0.3) is 0 Å². The van der Waals surface area contributed by atoms with Crippen molar-refractivity contribution in [1.82, 2.24) is 10.6 Å². The van der Waals surface area contributed by atoms with Gasteiger partial charge in [0.25, 0.3) is 5.91 Å². The molecule has 3 N–H and O–H groups in total. The first-order valence-electron chi connectivity index (χ1n) is 13.2. The molecule has 8 nitrogen and oxygen atoms in total. The molecule has 0 saturated carbocycles. The van der Waals surface area contributed by atoms with Gasteiger partial charge in [-0.2, -0.15) is 0 Å². The van der Waals surface area contributed by atoms with Gasteiger partial charge < -0.3 is 24.3 Å². The van der Waals surface area contributed by atoms with Crippen LogP contribution in [0, 0.1) is 5.41 Å². The quantitative estimate of drug-likeness (QED) is 0.254. The number of hydrogen-bond donors (Lipinski definition) is 3. The van der Waals surface area contributed by atoms with Crippen LogP contribution in [0.15, 0.2) is 97.1 Å². The number of rotatable bonds is 10. The molecule has 2 atom stereocenters. The van der Waals surface area contributed by atoms with Gasteiger partial charge in [-0.05, 0) is 70.8 Å². The topological polar surface area (TPSA) is 102 Å². The summed E-state index contributed by atoms with van der Waals surface area (Å²) in [7, 11) is 6.46. The van der Waals surface area contributed by atoms with Crippen molar-refractivity contribution in [3.05, 3.63) is 119 Å². The zero-order chi connectivity index (χ0) is 29.0. The van der Waals surface area contributed by atoms with E-state index in [9.17, 15) is 4.79 Å². The van der Waals surface area contributed by atoms with Crippen LogP contribution >= 0.6 is 0 Å². The van der Waals surface area contributed by atoms with E-state index in [0.29, 0.717) is 23.0 Å². The molecule has 0 aromatic heterocycles. The molecule has 0 aliphatic carbocycles. The average molecular weight is 552 g/mol. The lowest BCUT2D eigenvalue weighted by Crippen LogP contribution is -2.57. The lowest BCUT2D eigenvalue weighted by Gasteiger charge is -2.42. The second-order valence-corrected chi connectivity index (χ2v) is 9.79. The maximum absolute atomic E-state index is 14.4. The summed E-state index contributed by atoms with van der Waals surface area (Å²) in [5, 5.41) is 14.7. The van der Waals surface area contributed by atoms with Gasteiger partial charge in [0.2, 0.25) is 0 Å². The number of methoxy groups -OCH3 is 4. The number of carbonyl (C=O) groups excluding carboxylic acids is 1. The van der Waals surface area contributed by atoms with Crippen molar-refractivity contribution in [2.24, 2.45) is 0 Å². The van der Waals surface area contributed by atoms with Gasteiger partial charge in [-0.3, -0.25) is 15.5 Å². The Labute approximate surface area is 239 Å². The second kappa shape index (κ2) is 11.6. The number of carbonyl (C=O) groups is 1. The normalized spacial score (nSPS) is 17.7. The summed E-state index contributed by atoms with van der Waals surface area (Å²) >= 11 is 0. The van der Waals surface area contributed by atoms with E-state index < -0.39 is 17.4 Å². The number of ether oxygens (including phenoxy) is 4. The Kier molecular flexibility index (Phi) is 7.83. The molecule has 1 heterocycles. The summed E-state index contributed by atoms with van der Waals surface area (Å²) in [4.78, 5) is 14.4. The number of amides is 1. The van der Waals surface area contributed by atoms with Crippen molar-refractivity contribution in [1.29, 1.82) is 5.41 Å². The minimum Gasteiger partial charge on any atom is -0.497 e. The first kappa shape index (κ1) is 27.6. The molecular weight excluding hydrogens is 518 g/mol. The van der Waals surface area contributed by atoms with Crippen LogP contribution < -0.4 is 29.6 Å². The summed E-state index contributed by atoms with van der Waals surface area (Å²) in [5.74, 6) is 1.19. The third-order valence-corrected chi connectivity index (χ3v) is 7.61. The van der Waals surface area contributed by atoms with Crippen LogP contribution in [0.3, 0.4) is 0 Å². The lowest BCUT2D eigenvalue weighted by atomic mass is 9.64. The Balaban J connectivity index is 1.85. The van der Waals surface area contributed by atoms with Gasteiger partial charge in [-0.25, -0.2) is 0 Å². The molecule has 0 spiro atoms. The SMILES string of the molecule is COc1ccc(C(c2cccc(OC)c2)C2(C(c3ccc(OC)cc3)c3cccc(OC)c3)NC(=N)NC2=O)cc1. The summed E-state index contributed by atoms with van der Waals surface area (Å²) in [6.45, 7) is 0. The van der Waals surface area contributed by atoms with E-state index in [0.717, 1.165) is 22.3 Å². The van der Waals surface area contributed by atoms with Gasteiger partial charge in [0.15, 0.2) is 5.96 Å². The average Bonchev–Trinajstić information content (AvgIpc) is 3.31. The number of hydrogen-bond acceptors (Lipinski definition) is 6. The molecule has 1 amide bonds. The van der Waals surface area contributed by atoms with Crippen LogP contribution in [-0.2, 0) is 4.79 Å². The number of nitrogens with one attached hydrogen (secondary N) is 3. The molecule has 1 fully saturated rings. The molecule has 0 radical (unpaired) electrons. The van der Waals surface area contributed by atoms with E-state index in [-0.39, 0.29) is 11.9 Å². The largest absolute Gasteiger partial charge is 0.497 e. The third kappa shape index (κ3) is 5.16. The molecule has 210 valence electrons. The van der Waals surface area contributed by atoms with Crippen LogP contribution in [-0.4, -0.2) is 45.8 Å². The van der Waals surface area contributed by atoms with Crippen molar-refractivity contribution in [2.45, 2.75) is 17.4 Å². The predicted octanol–water partition coefficient (Wildman–Crippen LogP) is 5.08. The van der Waals surface area contributed by atoms with Gasteiger partial charge in [0.1, 0.15) is 28.5 Å². The maximum atomic E-state index is 14.4. The highest BCUT2D eigenvalue weighted by Crippen LogP contribution is 2.49. The van der Waals surface area contributed by atoms with Gasteiger partial charge in [0, 0.05) is 11.8 Å². The number of benzene rings is 4.